The highest BCUT2D eigenvalue weighted by Gasteiger charge is 2.31. The number of carbonyl (C=O) groups excluding carboxylic acids is 1. The third kappa shape index (κ3) is 1.66. The Balaban J connectivity index is 2.21. The van der Waals surface area contributed by atoms with E-state index in [4.69, 9.17) is 11.6 Å². The smallest absolute Gasteiger partial charge is 0.267 e. The third-order valence-corrected chi connectivity index (χ3v) is 4.80. The van der Waals surface area contributed by atoms with Gasteiger partial charge in [-0.2, -0.15) is 0 Å². The van der Waals surface area contributed by atoms with E-state index in [1.165, 1.54) is 4.57 Å². The van der Waals surface area contributed by atoms with Crippen molar-refractivity contribution in [3.05, 3.63) is 67.1 Å². The summed E-state index contributed by atoms with van der Waals surface area (Å²) in [6, 6.07) is 8.72. The first-order chi connectivity index (χ1) is 10.5. The highest BCUT2D eigenvalue weighted by Crippen LogP contribution is 2.30. The zero-order chi connectivity index (χ0) is 15.6. The van der Waals surface area contributed by atoms with Crippen molar-refractivity contribution in [2.45, 2.75) is 6.92 Å². The Morgan fingerprint density at radius 3 is 2.73 bits per heavy atom. The third-order valence-electron chi connectivity index (χ3n) is 3.82. The van der Waals surface area contributed by atoms with Crippen molar-refractivity contribution in [2.24, 2.45) is 0 Å². The fourth-order valence-corrected chi connectivity index (χ4v) is 3.32. The molecule has 108 valence electrons. The fourth-order valence-electron chi connectivity index (χ4n) is 2.72. The predicted molar refractivity (Wildman–Crippen MR) is 88.2 cm³/mol. The van der Waals surface area contributed by atoms with E-state index in [0.717, 1.165) is 10.0 Å². The number of hydrogen-bond donors (Lipinski definition) is 0. The number of rotatable bonds is 0. The second-order valence-electron chi connectivity index (χ2n) is 5.16. The summed E-state index contributed by atoms with van der Waals surface area (Å²) in [6.07, 6.45) is 0. The van der Waals surface area contributed by atoms with Crippen molar-refractivity contribution >= 4 is 44.2 Å². The van der Waals surface area contributed by atoms with E-state index in [1.54, 1.807) is 30.3 Å². The van der Waals surface area contributed by atoms with Crippen LogP contribution >= 0.6 is 27.5 Å². The summed E-state index contributed by atoms with van der Waals surface area (Å²) in [5, 5.41) is 0.720. The minimum absolute atomic E-state index is 0.130. The summed E-state index contributed by atoms with van der Waals surface area (Å²) in [7, 11) is 0. The topological polar surface area (TPSA) is 52.0 Å². The van der Waals surface area contributed by atoms with Crippen LogP contribution in [-0.2, 0) is 0 Å². The van der Waals surface area contributed by atoms with Gasteiger partial charge in [0.05, 0.1) is 27.2 Å². The first-order valence-corrected chi connectivity index (χ1v) is 7.72. The highest BCUT2D eigenvalue weighted by atomic mass is 79.9. The van der Waals surface area contributed by atoms with Crippen molar-refractivity contribution in [3.63, 3.8) is 0 Å². The molecule has 4 nitrogen and oxygen atoms in total. The quantitative estimate of drug-likeness (QED) is 0.471. The van der Waals surface area contributed by atoms with Crippen LogP contribution in [0.15, 0.2) is 39.6 Å². The van der Waals surface area contributed by atoms with Crippen LogP contribution in [0, 0.1) is 6.92 Å². The lowest BCUT2D eigenvalue weighted by Crippen LogP contribution is -2.22. The minimum Gasteiger partial charge on any atom is -0.285 e. The van der Waals surface area contributed by atoms with Crippen LogP contribution in [0.5, 0.6) is 0 Å². The van der Waals surface area contributed by atoms with Crippen molar-refractivity contribution < 1.29 is 4.79 Å². The Morgan fingerprint density at radius 2 is 1.95 bits per heavy atom. The Morgan fingerprint density at radius 1 is 1.18 bits per heavy atom. The lowest BCUT2D eigenvalue weighted by molar-refractivity contribution is 0.103. The summed E-state index contributed by atoms with van der Waals surface area (Å²) >= 11 is 9.62. The highest BCUT2D eigenvalue weighted by molar-refractivity contribution is 9.10. The summed E-state index contributed by atoms with van der Waals surface area (Å²) in [4.78, 5) is 29.7. The zero-order valence-corrected chi connectivity index (χ0v) is 13.7. The number of aromatic nitrogens is 2. The van der Waals surface area contributed by atoms with Crippen LogP contribution in [0.3, 0.4) is 0 Å². The molecule has 0 atom stereocenters. The number of nitrogens with zero attached hydrogens (tertiary/aromatic N) is 2. The molecule has 0 amide bonds. The van der Waals surface area contributed by atoms with E-state index in [9.17, 15) is 9.59 Å². The molecular weight excluding hydrogens is 368 g/mol. The number of fused-ring (bicyclic) bond motifs is 4. The van der Waals surface area contributed by atoms with Gasteiger partial charge in [0.15, 0.2) is 5.82 Å². The zero-order valence-electron chi connectivity index (χ0n) is 11.4. The molecule has 0 N–H and O–H groups in total. The lowest BCUT2D eigenvalue weighted by atomic mass is 10.1. The lowest BCUT2D eigenvalue weighted by Gasteiger charge is -2.08. The monoisotopic (exact) mass is 374 g/mol. The van der Waals surface area contributed by atoms with Crippen molar-refractivity contribution in [1.82, 2.24) is 9.55 Å². The molecule has 0 saturated carbocycles. The van der Waals surface area contributed by atoms with E-state index in [0.29, 0.717) is 27.2 Å². The molecule has 0 saturated heterocycles. The number of carbonyl (C=O) groups is 1. The van der Waals surface area contributed by atoms with Crippen molar-refractivity contribution in [3.8, 4) is 5.69 Å². The second kappa shape index (κ2) is 4.51. The van der Waals surface area contributed by atoms with E-state index in [1.807, 2.05) is 6.92 Å². The summed E-state index contributed by atoms with van der Waals surface area (Å²) in [5.74, 6) is -0.127. The first-order valence-electron chi connectivity index (χ1n) is 6.55. The number of ketones is 1. The average molecular weight is 376 g/mol. The summed E-state index contributed by atoms with van der Waals surface area (Å²) < 4.78 is 2.12. The Hall–Kier alpha value is -1.98. The van der Waals surface area contributed by atoms with Crippen LogP contribution in [-0.4, -0.2) is 15.3 Å². The molecule has 1 aliphatic rings. The predicted octanol–water partition coefficient (Wildman–Crippen LogP) is 3.65. The van der Waals surface area contributed by atoms with Crippen LogP contribution in [0.2, 0.25) is 5.02 Å². The van der Waals surface area contributed by atoms with Gasteiger partial charge in [-0.15, -0.1) is 0 Å². The number of benzene rings is 2. The van der Waals surface area contributed by atoms with Gasteiger partial charge in [-0.25, -0.2) is 4.98 Å². The van der Waals surface area contributed by atoms with Gasteiger partial charge in [0.25, 0.3) is 5.56 Å². The fraction of sp³-hybridized carbons (Fsp3) is 0.0625. The van der Waals surface area contributed by atoms with Gasteiger partial charge in [-0.3, -0.25) is 14.2 Å². The Labute approximate surface area is 138 Å². The van der Waals surface area contributed by atoms with Gasteiger partial charge < -0.3 is 0 Å². The van der Waals surface area contributed by atoms with Crippen LogP contribution in [0.1, 0.15) is 21.7 Å². The van der Waals surface area contributed by atoms with Gasteiger partial charge in [0, 0.05) is 4.47 Å². The van der Waals surface area contributed by atoms with E-state index in [-0.39, 0.29) is 17.2 Å². The van der Waals surface area contributed by atoms with Gasteiger partial charge in [0.1, 0.15) is 0 Å². The standard InChI is InChI=1S/C16H8BrClN2O2/c1-7-2-4-10-12(13(7)18)16(22)20-11-5-3-8(17)6-9(11)14(21)15(20)19-10/h2-6H,1H3. The maximum Gasteiger partial charge on any atom is 0.267 e. The molecule has 1 aromatic heterocycles. The molecule has 4 rings (SSSR count). The summed E-state index contributed by atoms with van der Waals surface area (Å²) in [6.45, 7) is 1.83. The second-order valence-corrected chi connectivity index (χ2v) is 6.45. The molecule has 0 unspecified atom stereocenters. The van der Waals surface area contributed by atoms with E-state index < -0.39 is 0 Å². The van der Waals surface area contributed by atoms with E-state index >= 15 is 0 Å². The normalized spacial score (nSPS) is 12.6. The first kappa shape index (κ1) is 13.7. The summed E-state index contributed by atoms with van der Waals surface area (Å²) in [5.41, 5.74) is 1.92. The molecule has 2 aromatic carbocycles. The SMILES string of the molecule is Cc1ccc2nc3n(c(=O)c2c1Cl)-c1ccc(Br)cc1C3=O. The molecular formula is C16H8BrClN2O2. The minimum atomic E-state index is -0.317. The van der Waals surface area contributed by atoms with E-state index in [2.05, 4.69) is 20.9 Å². The van der Waals surface area contributed by atoms with Crippen LogP contribution in [0.25, 0.3) is 16.6 Å². The van der Waals surface area contributed by atoms with Gasteiger partial charge in [0.2, 0.25) is 5.78 Å². The maximum absolute atomic E-state index is 12.9. The molecule has 3 aromatic rings. The largest absolute Gasteiger partial charge is 0.285 e. The van der Waals surface area contributed by atoms with Crippen LogP contribution in [0.4, 0.5) is 0 Å². The molecule has 2 heterocycles. The van der Waals surface area contributed by atoms with Gasteiger partial charge >= 0.3 is 0 Å². The number of aryl methyl sites for hydroxylation is 1. The average Bonchev–Trinajstić information content (AvgIpc) is 2.76. The molecule has 1 aliphatic heterocycles. The molecule has 0 bridgehead atoms. The maximum atomic E-state index is 12.9. The molecule has 22 heavy (non-hydrogen) atoms. The molecule has 0 fully saturated rings. The van der Waals surface area contributed by atoms with Gasteiger partial charge in [-0.05, 0) is 36.8 Å². The van der Waals surface area contributed by atoms with Gasteiger partial charge in [-0.1, -0.05) is 33.6 Å². The van der Waals surface area contributed by atoms with Crippen molar-refractivity contribution in [1.29, 1.82) is 0 Å². The molecule has 6 heteroatoms. The number of hydrogen-bond acceptors (Lipinski definition) is 3. The Bertz CT molecular complexity index is 1060. The van der Waals surface area contributed by atoms with Crippen LogP contribution < -0.4 is 5.56 Å². The molecule has 0 radical (unpaired) electrons. The Kier molecular flexibility index (Phi) is 2.80. The molecule has 0 aliphatic carbocycles. The molecule has 0 spiro atoms. The van der Waals surface area contributed by atoms with Crippen molar-refractivity contribution in [2.75, 3.05) is 0 Å². The number of halogens is 2.